The van der Waals surface area contributed by atoms with E-state index < -0.39 is 0 Å². The Morgan fingerprint density at radius 2 is 2.17 bits per heavy atom. The van der Waals surface area contributed by atoms with Crippen molar-refractivity contribution >= 4 is 11.6 Å². The molecule has 1 N–H and O–H groups in total. The van der Waals surface area contributed by atoms with Gasteiger partial charge in [-0.3, -0.25) is 10.00 Å². The fourth-order valence-electron chi connectivity index (χ4n) is 4.42. The van der Waals surface area contributed by atoms with E-state index in [1.54, 1.807) is 0 Å². The zero-order chi connectivity index (χ0) is 16.7. The molecular weight excluding hydrogens is 326 g/mol. The van der Waals surface area contributed by atoms with E-state index in [1.807, 2.05) is 14.0 Å². The maximum Gasteiger partial charge on any atom is 0.0951 e. The predicted molar refractivity (Wildman–Crippen MR) is 93.2 cm³/mol. The quantitative estimate of drug-likeness (QED) is 0.852. The van der Waals surface area contributed by atoms with Gasteiger partial charge in [-0.2, -0.15) is 5.10 Å². The Kier molecular flexibility index (Phi) is 4.63. The third kappa shape index (κ3) is 3.12. The van der Waals surface area contributed by atoms with Crippen molar-refractivity contribution in [1.82, 2.24) is 15.1 Å². The summed E-state index contributed by atoms with van der Waals surface area (Å²) in [6.45, 7) is 4.73. The molecule has 24 heavy (non-hydrogen) atoms. The molecule has 5 nitrogen and oxygen atoms in total. The second-order valence-corrected chi connectivity index (χ2v) is 8.17. The van der Waals surface area contributed by atoms with Crippen LogP contribution in [0.15, 0.2) is 0 Å². The average Bonchev–Trinajstić information content (AvgIpc) is 3.30. The van der Waals surface area contributed by atoms with Gasteiger partial charge in [0, 0.05) is 32.8 Å². The van der Waals surface area contributed by atoms with Crippen LogP contribution in [0.3, 0.4) is 0 Å². The van der Waals surface area contributed by atoms with Crippen molar-refractivity contribution in [3.05, 3.63) is 16.4 Å². The molecule has 0 bridgehead atoms. The third-order valence-electron chi connectivity index (χ3n) is 6.21. The van der Waals surface area contributed by atoms with Gasteiger partial charge >= 0.3 is 0 Å². The molecular formula is C18H28ClN3O2. The lowest BCUT2D eigenvalue weighted by atomic mass is 9.79. The van der Waals surface area contributed by atoms with Gasteiger partial charge in [-0.15, -0.1) is 0 Å². The smallest absolute Gasteiger partial charge is 0.0951 e. The Bertz CT molecular complexity index is 589. The molecule has 6 heteroatoms. The minimum absolute atomic E-state index is 0.0166. The molecule has 134 valence electrons. The standard InChI is InChI=1S/C18H28ClN3O2/c1-12-17(19)15(21-20-12)10-22-8-7-18(23-2)6-5-14(9-16(18)22)24-11-13-3-4-13/h13-14,16H,3-11H2,1-2H3,(H,20,21)/t14-,16-,18+/m0/s1. The zero-order valence-electron chi connectivity index (χ0n) is 14.7. The van der Waals surface area contributed by atoms with Crippen LogP contribution >= 0.6 is 11.6 Å². The van der Waals surface area contributed by atoms with Crippen LogP contribution in [0.1, 0.15) is 49.9 Å². The van der Waals surface area contributed by atoms with E-state index >= 15 is 0 Å². The summed E-state index contributed by atoms with van der Waals surface area (Å²) >= 11 is 6.37. The van der Waals surface area contributed by atoms with Crippen molar-refractivity contribution in [3.8, 4) is 0 Å². The zero-order valence-corrected chi connectivity index (χ0v) is 15.4. The van der Waals surface area contributed by atoms with Crippen molar-refractivity contribution in [2.45, 2.75) is 69.7 Å². The number of aromatic amines is 1. The van der Waals surface area contributed by atoms with E-state index in [9.17, 15) is 0 Å². The molecule has 2 heterocycles. The van der Waals surface area contributed by atoms with Gasteiger partial charge < -0.3 is 9.47 Å². The summed E-state index contributed by atoms with van der Waals surface area (Å²) in [5.41, 5.74) is 1.87. The summed E-state index contributed by atoms with van der Waals surface area (Å²) in [6, 6.07) is 0.397. The van der Waals surface area contributed by atoms with Crippen LogP contribution in [0, 0.1) is 12.8 Å². The Labute approximate surface area is 149 Å². The fraction of sp³-hybridized carbons (Fsp3) is 0.833. The van der Waals surface area contributed by atoms with Gasteiger partial charge in [0.05, 0.1) is 28.1 Å². The van der Waals surface area contributed by atoms with Crippen LogP contribution in [0.5, 0.6) is 0 Å². The van der Waals surface area contributed by atoms with Gasteiger partial charge in [-0.05, 0) is 51.4 Å². The van der Waals surface area contributed by atoms with Gasteiger partial charge in [0.15, 0.2) is 0 Å². The van der Waals surface area contributed by atoms with Gasteiger partial charge in [0.25, 0.3) is 0 Å². The summed E-state index contributed by atoms with van der Waals surface area (Å²) < 4.78 is 12.2. The van der Waals surface area contributed by atoms with Gasteiger partial charge in [0.1, 0.15) is 0 Å². The molecule has 0 aromatic carbocycles. The lowest BCUT2D eigenvalue weighted by Crippen LogP contribution is -2.51. The van der Waals surface area contributed by atoms with Gasteiger partial charge in [-0.25, -0.2) is 0 Å². The van der Waals surface area contributed by atoms with Crippen molar-refractivity contribution < 1.29 is 9.47 Å². The average molecular weight is 354 g/mol. The highest BCUT2D eigenvalue weighted by atomic mass is 35.5. The number of methoxy groups -OCH3 is 1. The van der Waals surface area contributed by atoms with Crippen LogP contribution < -0.4 is 0 Å². The van der Waals surface area contributed by atoms with Crippen molar-refractivity contribution in [1.29, 1.82) is 0 Å². The molecule has 2 saturated carbocycles. The summed E-state index contributed by atoms with van der Waals surface area (Å²) in [5, 5.41) is 8.14. The number of aromatic nitrogens is 2. The van der Waals surface area contributed by atoms with Gasteiger partial charge in [0.2, 0.25) is 0 Å². The topological polar surface area (TPSA) is 50.4 Å². The highest BCUT2D eigenvalue weighted by molar-refractivity contribution is 6.31. The second-order valence-electron chi connectivity index (χ2n) is 7.79. The lowest BCUT2D eigenvalue weighted by molar-refractivity contribution is -0.103. The number of hydrogen-bond donors (Lipinski definition) is 1. The number of rotatable bonds is 6. The first-order valence-electron chi connectivity index (χ1n) is 9.21. The third-order valence-corrected chi connectivity index (χ3v) is 6.71. The maximum absolute atomic E-state index is 6.37. The second kappa shape index (κ2) is 6.60. The molecule has 0 radical (unpaired) electrons. The summed E-state index contributed by atoms with van der Waals surface area (Å²) in [5.74, 6) is 0.824. The number of fused-ring (bicyclic) bond motifs is 1. The Morgan fingerprint density at radius 1 is 1.33 bits per heavy atom. The van der Waals surface area contributed by atoms with E-state index in [1.165, 1.54) is 12.8 Å². The van der Waals surface area contributed by atoms with Crippen molar-refractivity contribution in [3.63, 3.8) is 0 Å². The molecule has 1 saturated heterocycles. The number of ether oxygens (including phenoxy) is 2. The molecule has 3 fully saturated rings. The molecule has 0 amide bonds. The van der Waals surface area contributed by atoms with E-state index in [0.717, 1.165) is 67.7 Å². The Hall–Kier alpha value is -0.620. The molecule has 1 aliphatic heterocycles. The number of hydrogen-bond acceptors (Lipinski definition) is 4. The first-order valence-corrected chi connectivity index (χ1v) is 9.59. The monoisotopic (exact) mass is 353 g/mol. The molecule has 4 rings (SSSR count). The summed E-state index contributed by atoms with van der Waals surface area (Å²) in [6.07, 6.45) is 7.42. The van der Waals surface area contributed by atoms with E-state index in [-0.39, 0.29) is 5.60 Å². The number of nitrogens with one attached hydrogen (secondary N) is 1. The van der Waals surface area contributed by atoms with Crippen LogP contribution in [-0.2, 0) is 16.0 Å². The van der Waals surface area contributed by atoms with Crippen LogP contribution in [0.2, 0.25) is 5.02 Å². The summed E-state index contributed by atoms with van der Waals surface area (Å²) in [7, 11) is 1.87. The number of halogens is 1. The fourth-order valence-corrected chi connectivity index (χ4v) is 4.56. The molecule has 0 spiro atoms. The first kappa shape index (κ1) is 16.8. The van der Waals surface area contributed by atoms with Crippen LogP contribution in [0.25, 0.3) is 0 Å². The largest absolute Gasteiger partial charge is 0.378 e. The number of H-pyrrole nitrogens is 1. The SMILES string of the molecule is CO[C@@]12CC[C@H](OCC3CC3)C[C@@H]1N(Cc1n[nH]c(C)c1Cl)CC2. The summed E-state index contributed by atoms with van der Waals surface area (Å²) in [4.78, 5) is 2.50. The van der Waals surface area contributed by atoms with E-state index in [4.69, 9.17) is 21.1 Å². The Morgan fingerprint density at radius 3 is 2.83 bits per heavy atom. The molecule has 1 aromatic heterocycles. The molecule has 3 atom stereocenters. The van der Waals surface area contributed by atoms with Crippen molar-refractivity contribution in [2.75, 3.05) is 20.3 Å². The highest BCUT2D eigenvalue weighted by Crippen LogP contribution is 2.44. The molecule has 0 unspecified atom stereocenters. The van der Waals surface area contributed by atoms with E-state index in [2.05, 4.69) is 15.1 Å². The molecule has 3 aliphatic rings. The number of nitrogens with zero attached hydrogens (tertiary/aromatic N) is 2. The van der Waals surface area contributed by atoms with E-state index in [0.29, 0.717) is 12.1 Å². The lowest BCUT2D eigenvalue weighted by Gasteiger charge is -2.43. The minimum atomic E-state index is -0.0166. The van der Waals surface area contributed by atoms with Crippen molar-refractivity contribution in [2.24, 2.45) is 5.92 Å². The predicted octanol–water partition coefficient (Wildman–Crippen LogP) is 3.31. The first-order chi connectivity index (χ1) is 11.6. The maximum atomic E-state index is 6.37. The molecule has 2 aliphatic carbocycles. The molecule has 1 aromatic rings. The normalized spacial score (nSPS) is 33.8. The Balaban J connectivity index is 1.45. The number of likely N-dealkylation sites (tertiary alicyclic amines) is 1. The van der Waals surface area contributed by atoms with Crippen LogP contribution in [0.4, 0.5) is 0 Å². The number of aryl methyl sites for hydroxylation is 1. The minimum Gasteiger partial charge on any atom is -0.378 e. The van der Waals surface area contributed by atoms with Gasteiger partial charge in [-0.1, -0.05) is 11.6 Å². The van der Waals surface area contributed by atoms with Crippen LogP contribution in [-0.4, -0.2) is 53.1 Å². The highest BCUT2D eigenvalue weighted by Gasteiger charge is 2.51.